The number of nitrogens with one attached hydrogen (secondary N) is 2. The largest absolute Gasteiger partial charge is 0.348 e. The second-order valence-electron chi connectivity index (χ2n) is 6.26. The van der Waals surface area contributed by atoms with Crippen molar-refractivity contribution in [1.82, 2.24) is 15.5 Å². The minimum Gasteiger partial charge on any atom is -0.348 e. The van der Waals surface area contributed by atoms with E-state index in [1.807, 2.05) is 0 Å². The maximum absolute atomic E-state index is 12.1. The smallest absolute Gasteiger partial charge is 0.311 e. The van der Waals surface area contributed by atoms with Crippen molar-refractivity contribution in [3.8, 4) is 0 Å². The number of carbonyl (C=O) groups excluding carboxylic acids is 2. The molecule has 2 amide bonds. The maximum atomic E-state index is 12.1. The molecule has 5 nitrogen and oxygen atoms in total. The van der Waals surface area contributed by atoms with Crippen molar-refractivity contribution in [2.75, 3.05) is 32.7 Å². The van der Waals surface area contributed by atoms with Gasteiger partial charge in [0.25, 0.3) is 0 Å². The molecule has 1 aliphatic rings. The Balaban J connectivity index is 2.46. The fourth-order valence-corrected chi connectivity index (χ4v) is 2.72. The van der Waals surface area contributed by atoms with Crippen molar-refractivity contribution in [1.29, 1.82) is 0 Å². The first-order valence-electron chi connectivity index (χ1n) is 7.71. The second-order valence-corrected chi connectivity index (χ2v) is 6.26. The standard InChI is InChI=1S/C15H29N3O2/c1-11(2)13(12(3)4)10-17-14(19)15(20)18-8-5-6-16-7-9-18/h11-13,16H,5-10H2,1-4H3,(H,17,19). The number of hydrogen-bond donors (Lipinski definition) is 2. The lowest BCUT2D eigenvalue weighted by molar-refractivity contribution is -0.145. The third-order valence-electron chi connectivity index (χ3n) is 4.03. The molecule has 0 spiro atoms. The lowest BCUT2D eigenvalue weighted by Gasteiger charge is -2.25. The Morgan fingerprint density at radius 1 is 1.10 bits per heavy atom. The zero-order valence-corrected chi connectivity index (χ0v) is 13.2. The SMILES string of the molecule is CC(C)C(CNC(=O)C(=O)N1CCCNCC1)C(C)C. The molecule has 0 atom stereocenters. The minimum atomic E-state index is -0.460. The second kappa shape index (κ2) is 8.25. The van der Waals surface area contributed by atoms with Gasteiger partial charge in [0, 0.05) is 26.2 Å². The normalized spacial score (nSPS) is 16.6. The van der Waals surface area contributed by atoms with Crippen LogP contribution in [0.15, 0.2) is 0 Å². The molecule has 1 fully saturated rings. The lowest BCUT2D eigenvalue weighted by Crippen LogP contribution is -2.46. The minimum absolute atomic E-state index is 0.389. The van der Waals surface area contributed by atoms with E-state index in [2.05, 4.69) is 38.3 Å². The molecule has 0 bridgehead atoms. The van der Waals surface area contributed by atoms with Crippen molar-refractivity contribution in [2.24, 2.45) is 17.8 Å². The van der Waals surface area contributed by atoms with E-state index in [0.29, 0.717) is 37.4 Å². The fourth-order valence-electron chi connectivity index (χ4n) is 2.72. The van der Waals surface area contributed by atoms with E-state index in [-0.39, 0.29) is 5.91 Å². The summed E-state index contributed by atoms with van der Waals surface area (Å²) in [7, 11) is 0. The summed E-state index contributed by atoms with van der Waals surface area (Å²) in [6, 6.07) is 0. The summed E-state index contributed by atoms with van der Waals surface area (Å²) in [4.78, 5) is 25.7. The van der Waals surface area contributed by atoms with E-state index in [1.165, 1.54) is 0 Å². The zero-order chi connectivity index (χ0) is 15.1. The highest BCUT2D eigenvalue weighted by atomic mass is 16.2. The third-order valence-corrected chi connectivity index (χ3v) is 4.03. The summed E-state index contributed by atoms with van der Waals surface area (Å²) in [5.41, 5.74) is 0. The van der Waals surface area contributed by atoms with Gasteiger partial charge in [0.1, 0.15) is 0 Å². The van der Waals surface area contributed by atoms with E-state index in [0.717, 1.165) is 19.5 Å². The molecule has 2 N–H and O–H groups in total. The molecule has 1 saturated heterocycles. The predicted molar refractivity (Wildman–Crippen MR) is 80.2 cm³/mol. The summed E-state index contributed by atoms with van der Waals surface area (Å²) >= 11 is 0. The molecule has 1 rings (SSSR count). The molecular formula is C15H29N3O2. The van der Waals surface area contributed by atoms with E-state index in [4.69, 9.17) is 0 Å². The molecule has 0 aromatic rings. The van der Waals surface area contributed by atoms with Crippen molar-refractivity contribution < 1.29 is 9.59 Å². The van der Waals surface area contributed by atoms with Crippen LogP contribution in [0.25, 0.3) is 0 Å². The van der Waals surface area contributed by atoms with Crippen LogP contribution in [0.5, 0.6) is 0 Å². The zero-order valence-electron chi connectivity index (χ0n) is 13.2. The topological polar surface area (TPSA) is 61.4 Å². The molecule has 1 heterocycles. The van der Waals surface area contributed by atoms with Gasteiger partial charge in [0.2, 0.25) is 0 Å². The summed E-state index contributed by atoms with van der Waals surface area (Å²) in [6.07, 6.45) is 0.902. The van der Waals surface area contributed by atoms with Crippen LogP contribution in [0.4, 0.5) is 0 Å². The first-order valence-corrected chi connectivity index (χ1v) is 7.71. The number of hydrogen-bond acceptors (Lipinski definition) is 3. The van der Waals surface area contributed by atoms with Crippen LogP contribution in [0.3, 0.4) is 0 Å². The van der Waals surface area contributed by atoms with Gasteiger partial charge in [0.05, 0.1) is 0 Å². The van der Waals surface area contributed by atoms with Crippen LogP contribution in [-0.4, -0.2) is 49.4 Å². The van der Waals surface area contributed by atoms with Gasteiger partial charge < -0.3 is 15.5 Å². The first kappa shape index (κ1) is 17.0. The van der Waals surface area contributed by atoms with Gasteiger partial charge in [-0.15, -0.1) is 0 Å². The Labute approximate surface area is 122 Å². The van der Waals surface area contributed by atoms with Gasteiger partial charge in [-0.1, -0.05) is 27.7 Å². The molecule has 0 aromatic carbocycles. The van der Waals surface area contributed by atoms with Gasteiger partial charge in [-0.3, -0.25) is 9.59 Å². The molecule has 0 saturated carbocycles. The van der Waals surface area contributed by atoms with Crippen LogP contribution < -0.4 is 10.6 Å². The molecule has 1 aliphatic heterocycles. The Kier molecular flexibility index (Phi) is 6.99. The van der Waals surface area contributed by atoms with Crippen LogP contribution >= 0.6 is 0 Å². The molecule has 116 valence electrons. The van der Waals surface area contributed by atoms with Gasteiger partial charge in [-0.2, -0.15) is 0 Å². The van der Waals surface area contributed by atoms with E-state index in [1.54, 1.807) is 4.90 Å². The molecule has 20 heavy (non-hydrogen) atoms. The van der Waals surface area contributed by atoms with Gasteiger partial charge in [0.15, 0.2) is 0 Å². The highest BCUT2D eigenvalue weighted by molar-refractivity contribution is 6.35. The van der Waals surface area contributed by atoms with E-state index < -0.39 is 5.91 Å². The van der Waals surface area contributed by atoms with Crippen LogP contribution in [0.1, 0.15) is 34.1 Å². The van der Waals surface area contributed by atoms with Crippen molar-refractivity contribution in [2.45, 2.75) is 34.1 Å². The van der Waals surface area contributed by atoms with Gasteiger partial charge in [-0.05, 0) is 30.7 Å². The highest BCUT2D eigenvalue weighted by Gasteiger charge is 2.24. The Bertz CT molecular complexity index is 313. The maximum Gasteiger partial charge on any atom is 0.311 e. The molecule has 5 heteroatoms. The van der Waals surface area contributed by atoms with Gasteiger partial charge in [-0.25, -0.2) is 0 Å². The Morgan fingerprint density at radius 3 is 2.35 bits per heavy atom. The molecule has 0 aliphatic carbocycles. The lowest BCUT2D eigenvalue weighted by atomic mass is 9.85. The van der Waals surface area contributed by atoms with E-state index >= 15 is 0 Å². The number of amides is 2. The monoisotopic (exact) mass is 283 g/mol. The average molecular weight is 283 g/mol. The average Bonchev–Trinajstić information content (AvgIpc) is 2.65. The van der Waals surface area contributed by atoms with Crippen LogP contribution in [0.2, 0.25) is 0 Å². The summed E-state index contributed by atoms with van der Waals surface area (Å²) in [6.45, 7) is 12.1. The third kappa shape index (κ3) is 5.12. The van der Waals surface area contributed by atoms with E-state index in [9.17, 15) is 9.59 Å². The molecular weight excluding hydrogens is 254 g/mol. The summed E-state index contributed by atoms with van der Waals surface area (Å²) in [5, 5.41) is 6.04. The summed E-state index contributed by atoms with van der Waals surface area (Å²) in [5.74, 6) is 0.538. The van der Waals surface area contributed by atoms with Crippen LogP contribution in [-0.2, 0) is 9.59 Å². The molecule has 0 unspecified atom stereocenters. The molecule has 0 radical (unpaired) electrons. The number of nitrogens with zero attached hydrogens (tertiary/aromatic N) is 1. The predicted octanol–water partition coefficient (Wildman–Crippen LogP) is 0.853. The van der Waals surface area contributed by atoms with Crippen LogP contribution in [0, 0.1) is 17.8 Å². The number of carbonyl (C=O) groups is 2. The highest BCUT2D eigenvalue weighted by Crippen LogP contribution is 2.19. The van der Waals surface area contributed by atoms with Crippen molar-refractivity contribution in [3.05, 3.63) is 0 Å². The first-order chi connectivity index (χ1) is 9.43. The van der Waals surface area contributed by atoms with Crippen molar-refractivity contribution >= 4 is 11.8 Å². The number of rotatable bonds is 4. The van der Waals surface area contributed by atoms with Crippen molar-refractivity contribution in [3.63, 3.8) is 0 Å². The Hall–Kier alpha value is -1.10. The summed E-state index contributed by atoms with van der Waals surface area (Å²) < 4.78 is 0. The molecule has 0 aromatic heterocycles. The fraction of sp³-hybridized carbons (Fsp3) is 0.867. The van der Waals surface area contributed by atoms with Gasteiger partial charge >= 0.3 is 11.8 Å². The quantitative estimate of drug-likeness (QED) is 0.752. The Morgan fingerprint density at radius 2 is 1.75 bits per heavy atom.